The maximum Gasteiger partial charge on any atom is 0.257 e. The molecule has 0 saturated carbocycles. The lowest BCUT2D eigenvalue weighted by molar-refractivity contribution is -0.123. The predicted octanol–water partition coefficient (Wildman–Crippen LogP) is 1.98. The van der Waals surface area contributed by atoms with Crippen LogP contribution >= 0.6 is 11.6 Å². The third-order valence-electron chi connectivity index (χ3n) is 2.79. The van der Waals surface area contributed by atoms with Crippen LogP contribution in [0, 0.1) is 0 Å². The molecular weight excluding hydrogens is 292 g/mol. The SMILES string of the molecule is CCCNC(=O)COc1cccc(Cl)c1CNCCOC. The van der Waals surface area contributed by atoms with Crippen LogP contribution in [0.15, 0.2) is 18.2 Å². The van der Waals surface area contributed by atoms with E-state index in [1.165, 1.54) is 0 Å². The summed E-state index contributed by atoms with van der Waals surface area (Å²) in [6, 6.07) is 5.42. The number of benzene rings is 1. The Labute approximate surface area is 131 Å². The van der Waals surface area contributed by atoms with Crippen molar-refractivity contribution in [3.8, 4) is 5.75 Å². The summed E-state index contributed by atoms with van der Waals surface area (Å²) in [7, 11) is 1.65. The summed E-state index contributed by atoms with van der Waals surface area (Å²) in [4.78, 5) is 11.6. The van der Waals surface area contributed by atoms with Gasteiger partial charge in [-0.15, -0.1) is 0 Å². The molecule has 0 aromatic heterocycles. The average molecular weight is 315 g/mol. The van der Waals surface area contributed by atoms with E-state index in [2.05, 4.69) is 10.6 Å². The number of hydrogen-bond acceptors (Lipinski definition) is 4. The van der Waals surface area contributed by atoms with Gasteiger partial charge < -0.3 is 20.1 Å². The number of carbonyl (C=O) groups excluding carboxylic acids is 1. The van der Waals surface area contributed by atoms with Gasteiger partial charge in [0.05, 0.1) is 6.61 Å². The van der Waals surface area contributed by atoms with Crippen molar-refractivity contribution in [3.63, 3.8) is 0 Å². The summed E-state index contributed by atoms with van der Waals surface area (Å²) in [5.74, 6) is 0.495. The number of halogens is 1. The van der Waals surface area contributed by atoms with Crippen LogP contribution in [0.1, 0.15) is 18.9 Å². The van der Waals surface area contributed by atoms with Gasteiger partial charge in [-0.2, -0.15) is 0 Å². The number of rotatable bonds is 10. The monoisotopic (exact) mass is 314 g/mol. The lowest BCUT2D eigenvalue weighted by Crippen LogP contribution is -2.29. The first kappa shape index (κ1) is 17.8. The van der Waals surface area contributed by atoms with E-state index in [9.17, 15) is 4.79 Å². The molecule has 0 heterocycles. The topological polar surface area (TPSA) is 59.6 Å². The quantitative estimate of drug-likeness (QED) is 0.648. The molecule has 0 aliphatic carbocycles. The van der Waals surface area contributed by atoms with E-state index in [1.807, 2.05) is 13.0 Å². The highest BCUT2D eigenvalue weighted by molar-refractivity contribution is 6.31. The molecule has 0 atom stereocenters. The van der Waals surface area contributed by atoms with E-state index in [-0.39, 0.29) is 12.5 Å². The minimum absolute atomic E-state index is 0.00852. The van der Waals surface area contributed by atoms with Crippen molar-refractivity contribution in [1.29, 1.82) is 0 Å². The smallest absolute Gasteiger partial charge is 0.257 e. The molecule has 0 aliphatic heterocycles. The number of methoxy groups -OCH3 is 1. The fourth-order valence-corrected chi connectivity index (χ4v) is 1.92. The number of nitrogens with one attached hydrogen (secondary N) is 2. The fourth-order valence-electron chi connectivity index (χ4n) is 1.69. The molecule has 0 unspecified atom stereocenters. The zero-order valence-electron chi connectivity index (χ0n) is 12.6. The first-order valence-electron chi connectivity index (χ1n) is 7.05. The molecule has 0 spiro atoms. The molecule has 1 rings (SSSR count). The van der Waals surface area contributed by atoms with E-state index in [1.54, 1.807) is 19.2 Å². The molecule has 0 radical (unpaired) electrons. The first-order chi connectivity index (χ1) is 10.2. The third kappa shape index (κ3) is 6.80. The lowest BCUT2D eigenvalue weighted by atomic mass is 10.2. The fraction of sp³-hybridized carbons (Fsp3) is 0.533. The average Bonchev–Trinajstić information content (AvgIpc) is 2.49. The van der Waals surface area contributed by atoms with Crippen molar-refractivity contribution < 1.29 is 14.3 Å². The van der Waals surface area contributed by atoms with Crippen LogP contribution in [0.4, 0.5) is 0 Å². The van der Waals surface area contributed by atoms with Crippen LogP contribution in [-0.2, 0) is 16.1 Å². The van der Waals surface area contributed by atoms with E-state index in [4.69, 9.17) is 21.1 Å². The summed E-state index contributed by atoms with van der Waals surface area (Å²) in [6.07, 6.45) is 0.900. The van der Waals surface area contributed by atoms with Gasteiger partial charge in [0.1, 0.15) is 5.75 Å². The van der Waals surface area contributed by atoms with Crippen LogP contribution in [-0.4, -0.2) is 39.3 Å². The Hall–Kier alpha value is -1.30. The number of hydrogen-bond donors (Lipinski definition) is 2. The molecular formula is C15H23ClN2O3. The maximum absolute atomic E-state index is 11.6. The Morgan fingerprint density at radius 2 is 2.14 bits per heavy atom. The molecule has 1 aromatic rings. The van der Waals surface area contributed by atoms with Gasteiger partial charge in [0.2, 0.25) is 0 Å². The molecule has 0 aliphatic rings. The second-order valence-corrected chi connectivity index (χ2v) is 4.93. The highest BCUT2D eigenvalue weighted by atomic mass is 35.5. The highest BCUT2D eigenvalue weighted by Crippen LogP contribution is 2.26. The second-order valence-electron chi connectivity index (χ2n) is 4.52. The zero-order chi connectivity index (χ0) is 15.5. The van der Waals surface area contributed by atoms with Gasteiger partial charge in [-0.3, -0.25) is 4.79 Å². The van der Waals surface area contributed by atoms with Gasteiger partial charge in [-0.05, 0) is 18.6 Å². The molecule has 1 amide bonds. The minimum Gasteiger partial charge on any atom is -0.483 e. The predicted molar refractivity (Wildman–Crippen MR) is 83.8 cm³/mol. The Bertz CT molecular complexity index is 441. The largest absolute Gasteiger partial charge is 0.483 e. The molecule has 0 fully saturated rings. The standard InChI is InChI=1S/C15H23ClN2O3/c1-3-7-18-15(19)11-21-14-6-4-5-13(16)12(14)10-17-8-9-20-2/h4-6,17H,3,7-11H2,1-2H3,(H,18,19). The Kier molecular flexibility index (Phi) is 8.82. The van der Waals surface area contributed by atoms with Crippen LogP contribution in [0.25, 0.3) is 0 Å². The molecule has 0 saturated heterocycles. The Balaban J connectivity index is 2.56. The summed E-state index contributed by atoms with van der Waals surface area (Å²) in [5.41, 5.74) is 0.846. The Morgan fingerprint density at radius 3 is 2.86 bits per heavy atom. The lowest BCUT2D eigenvalue weighted by Gasteiger charge is -2.13. The summed E-state index contributed by atoms with van der Waals surface area (Å²) < 4.78 is 10.5. The van der Waals surface area contributed by atoms with Gasteiger partial charge >= 0.3 is 0 Å². The molecule has 2 N–H and O–H groups in total. The van der Waals surface area contributed by atoms with E-state index in [0.717, 1.165) is 18.5 Å². The van der Waals surface area contributed by atoms with Crippen LogP contribution in [0.5, 0.6) is 5.75 Å². The maximum atomic E-state index is 11.6. The molecule has 21 heavy (non-hydrogen) atoms. The first-order valence-corrected chi connectivity index (χ1v) is 7.43. The van der Waals surface area contributed by atoms with Crippen LogP contribution < -0.4 is 15.4 Å². The normalized spacial score (nSPS) is 10.4. The van der Waals surface area contributed by atoms with Crippen molar-refractivity contribution in [2.24, 2.45) is 0 Å². The molecule has 1 aromatic carbocycles. The summed E-state index contributed by atoms with van der Waals surface area (Å²) in [6.45, 7) is 4.56. The van der Waals surface area contributed by atoms with E-state index in [0.29, 0.717) is 30.5 Å². The summed E-state index contributed by atoms with van der Waals surface area (Å²) in [5, 5.41) is 6.60. The summed E-state index contributed by atoms with van der Waals surface area (Å²) >= 11 is 6.19. The van der Waals surface area contributed by atoms with E-state index < -0.39 is 0 Å². The van der Waals surface area contributed by atoms with Crippen molar-refractivity contribution in [3.05, 3.63) is 28.8 Å². The van der Waals surface area contributed by atoms with Crippen molar-refractivity contribution in [2.45, 2.75) is 19.9 Å². The highest BCUT2D eigenvalue weighted by Gasteiger charge is 2.09. The second kappa shape index (κ2) is 10.4. The van der Waals surface area contributed by atoms with Crippen LogP contribution in [0.2, 0.25) is 5.02 Å². The van der Waals surface area contributed by atoms with Crippen molar-refractivity contribution in [2.75, 3.05) is 33.4 Å². The minimum atomic E-state index is -0.130. The molecule has 118 valence electrons. The zero-order valence-corrected chi connectivity index (χ0v) is 13.3. The van der Waals surface area contributed by atoms with Gasteiger partial charge in [-0.1, -0.05) is 24.6 Å². The van der Waals surface area contributed by atoms with E-state index >= 15 is 0 Å². The van der Waals surface area contributed by atoms with Crippen molar-refractivity contribution >= 4 is 17.5 Å². The van der Waals surface area contributed by atoms with Gasteiger partial charge in [-0.25, -0.2) is 0 Å². The van der Waals surface area contributed by atoms with Crippen molar-refractivity contribution in [1.82, 2.24) is 10.6 Å². The number of amides is 1. The Morgan fingerprint density at radius 1 is 1.33 bits per heavy atom. The van der Waals surface area contributed by atoms with Gasteiger partial charge in [0.25, 0.3) is 5.91 Å². The third-order valence-corrected chi connectivity index (χ3v) is 3.15. The molecule has 0 bridgehead atoms. The van der Waals surface area contributed by atoms with Gasteiger partial charge in [0, 0.05) is 37.3 Å². The number of ether oxygens (including phenoxy) is 2. The molecule has 5 nitrogen and oxygen atoms in total. The molecule has 6 heteroatoms. The number of carbonyl (C=O) groups is 1. The van der Waals surface area contributed by atoms with Gasteiger partial charge in [0.15, 0.2) is 6.61 Å². The van der Waals surface area contributed by atoms with Crippen LogP contribution in [0.3, 0.4) is 0 Å².